The molecule has 0 heterocycles. The summed E-state index contributed by atoms with van der Waals surface area (Å²) < 4.78 is 26.7. The molecule has 7 nitrogen and oxygen atoms in total. The Morgan fingerprint density at radius 3 is 2.32 bits per heavy atom. The maximum absolute atomic E-state index is 13.3. The molecular formula is C22H28BrN3O4S. The second-order valence-electron chi connectivity index (χ2n) is 7.33. The minimum atomic E-state index is -3.73. The van der Waals surface area contributed by atoms with E-state index in [9.17, 15) is 18.0 Å². The molecule has 0 aliphatic carbocycles. The third kappa shape index (κ3) is 7.07. The number of carbonyl (C=O) groups is 2. The van der Waals surface area contributed by atoms with E-state index in [2.05, 4.69) is 21.2 Å². The van der Waals surface area contributed by atoms with Crippen LogP contribution in [-0.4, -0.2) is 50.5 Å². The third-order valence-electron chi connectivity index (χ3n) is 4.77. The Balaban J connectivity index is 2.37. The van der Waals surface area contributed by atoms with Crippen LogP contribution in [0.25, 0.3) is 0 Å². The Labute approximate surface area is 192 Å². The number of hydrogen-bond acceptors (Lipinski definition) is 4. The Morgan fingerprint density at radius 1 is 1.13 bits per heavy atom. The van der Waals surface area contributed by atoms with Gasteiger partial charge in [-0.25, -0.2) is 8.42 Å². The van der Waals surface area contributed by atoms with E-state index in [0.29, 0.717) is 16.7 Å². The molecule has 168 valence electrons. The summed E-state index contributed by atoms with van der Waals surface area (Å²) in [5.74, 6) is -0.763. The normalized spacial score (nSPS) is 12.2. The molecule has 0 aliphatic rings. The van der Waals surface area contributed by atoms with Crippen molar-refractivity contribution in [1.82, 2.24) is 10.2 Å². The molecule has 0 aromatic heterocycles. The summed E-state index contributed by atoms with van der Waals surface area (Å²) in [6.07, 6.45) is 1.05. The summed E-state index contributed by atoms with van der Waals surface area (Å²) in [6, 6.07) is 13.6. The van der Waals surface area contributed by atoms with Gasteiger partial charge in [0.25, 0.3) is 0 Å². The fraction of sp³-hybridized carbons (Fsp3) is 0.364. The van der Waals surface area contributed by atoms with Crippen LogP contribution >= 0.6 is 15.9 Å². The number of benzene rings is 2. The van der Waals surface area contributed by atoms with Gasteiger partial charge in [-0.1, -0.05) is 51.8 Å². The summed E-state index contributed by atoms with van der Waals surface area (Å²) in [4.78, 5) is 27.2. The number of sulfonamides is 1. The molecule has 2 aromatic carbocycles. The largest absolute Gasteiger partial charge is 0.355 e. The molecule has 1 unspecified atom stereocenters. The van der Waals surface area contributed by atoms with Crippen molar-refractivity contribution in [2.75, 3.05) is 23.7 Å². The van der Waals surface area contributed by atoms with E-state index in [1.165, 1.54) is 4.90 Å². The van der Waals surface area contributed by atoms with E-state index in [4.69, 9.17) is 0 Å². The highest BCUT2D eigenvalue weighted by atomic mass is 79.9. The standard InChI is InChI=1S/C22H28BrN3O4S/c1-5-24-22(28)17(3)25(14-18-11-9-16(2)10-12-18)21(27)15-26(31(4,29)30)20-8-6-7-19(23)13-20/h6-13,17H,5,14-15H2,1-4H3,(H,24,28). The SMILES string of the molecule is CCNC(=O)C(C)N(Cc1ccc(C)cc1)C(=O)CN(c1cccc(Br)c1)S(C)(=O)=O. The predicted molar refractivity (Wildman–Crippen MR) is 126 cm³/mol. The van der Waals surface area contributed by atoms with Crippen LogP contribution in [0.4, 0.5) is 5.69 Å². The Morgan fingerprint density at radius 2 is 1.77 bits per heavy atom. The van der Waals surface area contributed by atoms with E-state index < -0.39 is 28.5 Å². The zero-order chi connectivity index (χ0) is 23.2. The van der Waals surface area contributed by atoms with Crippen molar-refractivity contribution in [3.05, 3.63) is 64.1 Å². The smallest absolute Gasteiger partial charge is 0.244 e. The van der Waals surface area contributed by atoms with Crippen molar-refractivity contribution in [2.45, 2.75) is 33.4 Å². The lowest BCUT2D eigenvalue weighted by molar-refractivity contribution is -0.139. The molecule has 31 heavy (non-hydrogen) atoms. The van der Waals surface area contributed by atoms with E-state index in [0.717, 1.165) is 21.7 Å². The van der Waals surface area contributed by atoms with Crippen LogP contribution in [0, 0.1) is 6.92 Å². The molecule has 0 aliphatic heterocycles. The molecule has 0 spiro atoms. The van der Waals surface area contributed by atoms with Crippen LogP contribution in [0.15, 0.2) is 53.0 Å². The summed E-state index contributed by atoms with van der Waals surface area (Å²) in [5, 5.41) is 2.73. The molecule has 0 fully saturated rings. The maximum atomic E-state index is 13.3. The van der Waals surface area contributed by atoms with Gasteiger partial charge in [-0.2, -0.15) is 0 Å². The zero-order valence-electron chi connectivity index (χ0n) is 18.1. The fourth-order valence-electron chi connectivity index (χ4n) is 3.04. The van der Waals surface area contributed by atoms with Gasteiger partial charge in [0.1, 0.15) is 12.6 Å². The van der Waals surface area contributed by atoms with Crippen LogP contribution in [-0.2, 0) is 26.2 Å². The van der Waals surface area contributed by atoms with Gasteiger partial charge >= 0.3 is 0 Å². The fourth-order valence-corrected chi connectivity index (χ4v) is 4.27. The second-order valence-corrected chi connectivity index (χ2v) is 10.1. The minimum absolute atomic E-state index is 0.188. The molecular weight excluding hydrogens is 482 g/mol. The van der Waals surface area contributed by atoms with Gasteiger partial charge in [0, 0.05) is 17.6 Å². The lowest BCUT2D eigenvalue weighted by atomic mass is 10.1. The first-order chi connectivity index (χ1) is 14.5. The monoisotopic (exact) mass is 509 g/mol. The third-order valence-corrected chi connectivity index (χ3v) is 6.40. The van der Waals surface area contributed by atoms with Crippen molar-refractivity contribution < 1.29 is 18.0 Å². The summed E-state index contributed by atoms with van der Waals surface area (Å²) in [6.45, 7) is 5.62. The minimum Gasteiger partial charge on any atom is -0.355 e. The van der Waals surface area contributed by atoms with Crippen molar-refractivity contribution in [2.24, 2.45) is 0 Å². The molecule has 2 rings (SSSR count). The van der Waals surface area contributed by atoms with E-state index in [1.807, 2.05) is 31.2 Å². The summed E-state index contributed by atoms with van der Waals surface area (Å²) in [5.41, 5.74) is 2.30. The molecule has 0 bridgehead atoms. The quantitative estimate of drug-likeness (QED) is 0.562. The summed E-state index contributed by atoms with van der Waals surface area (Å²) in [7, 11) is -3.73. The first-order valence-electron chi connectivity index (χ1n) is 9.89. The van der Waals surface area contributed by atoms with Crippen molar-refractivity contribution >= 4 is 43.5 Å². The average Bonchev–Trinajstić information content (AvgIpc) is 2.70. The Hall–Kier alpha value is -2.39. The van der Waals surface area contributed by atoms with E-state index >= 15 is 0 Å². The van der Waals surface area contributed by atoms with Crippen LogP contribution in [0.1, 0.15) is 25.0 Å². The lowest BCUT2D eigenvalue weighted by Gasteiger charge is -2.31. The highest BCUT2D eigenvalue weighted by Crippen LogP contribution is 2.23. The Bertz CT molecular complexity index is 1030. The maximum Gasteiger partial charge on any atom is 0.244 e. The lowest BCUT2D eigenvalue weighted by Crippen LogP contribution is -2.51. The summed E-state index contributed by atoms with van der Waals surface area (Å²) >= 11 is 3.33. The molecule has 2 amide bonds. The number of nitrogens with one attached hydrogen (secondary N) is 1. The predicted octanol–water partition coefficient (Wildman–Crippen LogP) is 3.08. The molecule has 0 saturated heterocycles. The number of nitrogens with zero attached hydrogens (tertiary/aromatic N) is 2. The first kappa shape index (κ1) is 24.9. The van der Waals surface area contributed by atoms with E-state index in [-0.39, 0.29) is 12.5 Å². The van der Waals surface area contributed by atoms with Crippen LogP contribution in [0.3, 0.4) is 0 Å². The number of anilines is 1. The topological polar surface area (TPSA) is 86.8 Å². The van der Waals surface area contributed by atoms with Gasteiger partial charge in [0.2, 0.25) is 21.8 Å². The van der Waals surface area contributed by atoms with Gasteiger partial charge in [-0.3, -0.25) is 13.9 Å². The number of halogens is 1. The van der Waals surface area contributed by atoms with Gasteiger partial charge in [-0.05, 0) is 44.5 Å². The van der Waals surface area contributed by atoms with Crippen molar-refractivity contribution in [3.63, 3.8) is 0 Å². The first-order valence-corrected chi connectivity index (χ1v) is 12.5. The van der Waals surface area contributed by atoms with Crippen molar-refractivity contribution in [1.29, 1.82) is 0 Å². The van der Waals surface area contributed by atoms with Gasteiger partial charge < -0.3 is 10.2 Å². The molecule has 1 atom stereocenters. The number of likely N-dealkylation sites (N-methyl/N-ethyl adjacent to an activating group) is 1. The number of hydrogen-bond donors (Lipinski definition) is 1. The molecule has 9 heteroatoms. The highest BCUT2D eigenvalue weighted by Gasteiger charge is 2.29. The highest BCUT2D eigenvalue weighted by molar-refractivity contribution is 9.10. The van der Waals surface area contributed by atoms with E-state index in [1.54, 1.807) is 38.1 Å². The average molecular weight is 510 g/mol. The number of aryl methyl sites for hydroxylation is 1. The van der Waals surface area contributed by atoms with Gasteiger partial charge in [-0.15, -0.1) is 0 Å². The molecule has 0 saturated carbocycles. The van der Waals surface area contributed by atoms with Crippen LogP contribution in [0.5, 0.6) is 0 Å². The Kier molecular flexibility index (Phi) is 8.64. The molecule has 2 aromatic rings. The van der Waals surface area contributed by atoms with Gasteiger partial charge in [0.15, 0.2) is 0 Å². The zero-order valence-corrected chi connectivity index (χ0v) is 20.5. The van der Waals surface area contributed by atoms with Crippen LogP contribution < -0.4 is 9.62 Å². The number of carbonyl (C=O) groups excluding carboxylic acids is 2. The van der Waals surface area contributed by atoms with Crippen LogP contribution in [0.2, 0.25) is 0 Å². The molecule has 0 radical (unpaired) electrons. The number of amides is 2. The molecule has 1 N–H and O–H groups in total. The van der Waals surface area contributed by atoms with Gasteiger partial charge in [0.05, 0.1) is 11.9 Å². The second kappa shape index (κ2) is 10.8. The number of rotatable bonds is 9. The van der Waals surface area contributed by atoms with Crippen molar-refractivity contribution in [3.8, 4) is 0 Å².